The van der Waals surface area contributed by atoms with Crippen LogP contribution in [0.1, 0.15) is 12.0 Å². The molecule has 0 aliphatic rings. The smallest absolute Gasteiger partial charge is 0.266 e. The monoisotopic (exact) mass is 291 g/mol. The fraction of sp³-hybridized carbons (Fsp3) is 0.286. The van der Waals surface area contributed by atoms with Gasteiger partial charge in [-0.1, -0.05) is 11.6 Å². The predicted octanol–water partition coefficient (Wildman–Crippen LogP) is 2.61. The maximum absolute atomic E-state index is 12.4. The van der Waals surface area contributed by atoms with Gasteiger partial charge in [0.15, 0.2) is 0 Å². The summed E-state index contributed by atoms with van der Waals surface area (Å²) in [5.74, 6) is -0.426. The lowest BCUT2D eigenvalue weighted by molar-refractivity contribution is 0.150. The number of ether oxygens (including phenoxy) is 1. The van der Waals surface area contributed by atoms with Crippen LogP contribution in [0.25, 0.3) is 0 Å². The lowest BCUT2D eigenvalue weighted by Gasteiger charge is -2.08. The lowest BCUT2D eigenvalue weighted by atomic mass is 10.3. The summed E-state index contributed by atoms with van der Waals surface area (Å²) in [4.78, 5) is 2.74. The zero-order valence-corrected chi connectivity index (χ0v) is 10.1. The molecule has 0 aliphatic heterocycles. The zero-order chi connectivity index (χ0) is 12.5. The van der Waals surface area contributed by atoms with Crippen LogP contribution in [0.2, 0.25) is 5.15 Å². The average molecular weight is 292 g/mol. The Morgan fingerprint density at radius 2 is 2.06 bits per heavy atom. The Labute approximate surface area is 99.6 Å². The van der Waals surface area contributed by atoms with Gasteiger partial charge in [0, 0.05) is 10.7 Å². The molecule has 90 valence electrons. The van der Waals surface area contributed by atoms with E-state index >= 15 is 0 Å². The second-order valence-electron chi connectivity index (χ2n) is 2.61. The van der Waals surface area contributed by atoms with Gasteiger partial charge >= 0.3 is 0 Å². The standard InChI is InChI=1S/C7H5Cl2F2NO3S/c1-15-7-4(16(9,13)14)2-3(6(10)11)5(8)12-7/h2,6H,1H3. The Morgan fingerprint density at radius 1 is 1.50 bits per heavy atom. The van der Waals surface area contributed by atoms with Gasteiger partial charge in [0.1, 0.15) is 10.0 Å². The molecule has 16 heavy (non-hydrogen) atoms. The van der Waals surface area contributed by atoms with Crippen molar-refractivity contribution in [2.75, 3.05) is 7.11 Å². The van der Waals surface area contributed by atoms with Gasteiger partial charge in [0.2, 0.25) is 5.88 Å². The quantitative estimate of drug-likeness (QED) is 0.634. The van der Waals surface area contributed by atoms with Gasteiger partial charge in [0.25, 0.3) is 15.5 Å². The van der Waals surface area contributed by atoms with Gasteiger partial charge in [-0.2, -0.15) is 4.98 Å². The Morgan fingerprint density at radius 3 is 2.44 bits per heavy atom. The Balaban J connectivity index is 3.53. The molecule has 0 bridgehead atoms. The number of aromatic nitrogens is 1. The Hall–Kier alpha value is -0.660. The SMILES string of the molecule is COc1nc(Cl)c(C(F)F)cc1S(=O)(=O)Cl. The van der Waals surface area contributed by atoms with Crippen LogP contribution in [-0.4, -0.2) is 20.5 Å². The zero-order valence-electron chi connectivity index (χ0n) is 7.75. The highest BCUT2D eigenvalue weighted by Gasteiger charge is 2.24. The minimum atomic E-state index is -4.23. The average Bonchev–Trinajstić information content (AvgIpc) is 2.14. The normalized spacial score (nSPS) is 11.9. The van der Waals surface area contributed by atoms with Gasteiger partial charge in [-0.3, -0.25) is 0 Å². The van der Waals surface area contributed by atoms with E-state index in [-0.39, 0.29) is 0 Å². The molecule has 0 amide bonds. The third-order valence-corrected chi connectivity index (χ3v) is 3.25. The molecule has 0 aromatic carbocycles. The van der Waals surface area contributed by atoms with Crippen molar-refractivity contribution < 1.29 is 21.9 Å². The first-order chi connectivity index (χ1) is 7.27. The summed E-state index contributed by atoms with van der Waals surface area (Å²) in [6, 6.07) is 0.640. The highest BCUT2D eigenvalue weighted by molar-refractivity contribution is 8.13. The van der Waals surface area contributed by atoms with E-state index in [1.54, 1.807) is 0 Å². The van der Waals surface area contributed by atoms with Crippen LogP contribution >= 0.6 is 22.3 Å². The number of halogens is 4. The number of nitrogens with zero attached hydrogens (tertiary/aromatic N) is 1. The van der Waals surface area contributed by atoms with Crippen LogP contribution in [0, 0.1) is 0 Å². The molecule has 1 aromatic heterocycles. The molecule has 0 radical (unpaired) electrons. The van der Waals surface area contributed by atoms with Crippen molar-refractivity contribution in [2.45, 2.75) is 11.3 Å². The van der Waals surface area contributed by atoms with Crippen LogP contribution in [0.5, 0.6) is 5.88 Å². The van der Waals surface area contributed by atoms with Crippen molar-refractivity contribution in [3.8, 4) is 5.88 Å². The number of methoxy groups -OCH3 is 1. The molecule has 1 rings (SSSR count). The minimum Gasteiger partial charge on any atom is -0.480 e. The molecule has 4 nitrogen and oxygen atoms in total. The minimum absolute atomic E-state index is 0.426. The molecule has 0 unspecified atom stereocenters. The molecule has 0 aliphatic carbocycles. The predicted molar refractivity (Wildman–Crippen MR) is 53.8 cm³/mol. The van der Waals surface area contributed by atoms with E-state index in [0.717, 1.165) is 7.11 Å². The van der Waals surface area contributed by atoms with Crippen LogP contribution < -0.4 is 4.74 Å². The molecule has 0 saturated carbocycles. The van der Waals surface area contributed by atoms with Crippen LogP contribution in [-0.2, 0) is 9.05 Å². The number of pyridine rings is 1. The molecular weight excluding hydrogens is 287 g/mol. The van der Waals surface area contributed by atoms with E-state index in [1.807, 2.05) is 0 Å². The van der Waals surface area contributed by atoms with E-state index in [0.29, 0.717) is 6.07 Å². The third kappa shape index (κ3) is 2.72. The summed E-state index contributed by atoms with van der Waals surface area (Å²) >= 11 is 5.42. The first kappa shape index (κ1) is 13.4. The summed E-state index contributed by atoms with van der Waals surface area (Å²) in [6.45, 7) is 0. The third-order valence-electron chi connectivity index (χ3n) is 1.63. The molecule has 1 heterocycles. The van der Waals surface area contributed by atoms with Crippen molar-refractivity contribution >= 4 is 31.3 Å². The first-order valence-electron chi connectivity index (χ1n) is 3.74. The van der Waals surface area contributed by atoms with Crippen molar-refractivity contribution in [1.29, 1.82) is 0 Å². The van der Waals surface area contributed by atoms with E-state index in [2.05, 4.69) is 9.72 Å². The highest BCUT2D eigenvalue weighted by atomic mass is 35.7. The van der Waals surface area contributed by atoms with Gasteiger partial charge in [-0.05, 0) is 6.07 Å². The first-order valence-corrected chi connectivity index (χ1v) is 6.43. The molecular formula is C7H5Cl2F2NO3S. The van der Waals surface area contributed by atoms with Gasteiger partial charge in [0.05, 0.1) is 12.7 Å². The van der Waals surface area contributed by atoms with Gasteiger partial charge < -0.3 is 4.74 Å². The topological polar surface area (TPSA) is 56.3 Å². The Kier molecular flexibility index (Phi) is 3.92. The van der Waals surface area contributed by atoms with Crippen molar-refractivity contribution in [3.63, 3.8) is 0 Å². The van der Waals surface area contributed by atoms with Crippen LogP contribution in [0.3, 0.4) is 0 Å². The summed E-state index contributed by atoms with van der Waals surface area (Å²) in [6.07, 6.45) is -2.96. The fourth-order valence-electron chi connectivity index (χ4n) is 0.945. The fourth-order valence-corrected chi connectivity index (χ4v) is 2.10. The van der Waals surface area contributed by atoms with Gasteiger partial charge in [-0.15, -0.1) is 0 Å². The summed E-state index contributed by atoms with van der Waals surface area (Å²) in [5.41, 5.74) is -0.721. The summed E-state index contributed by atoms with van der Waals surface area (Å²) in [5, 5.41) is -0.532. The molecule has 9 heteroatoms. The molecule has 0 N–H and O–H groups in total. The molecule has 0 spiro atoms. The number of hydrogen-bond acceptors (Lipinski definition) is 4. The number of hydrogen-bond donors (Lipinski definition) is 0. The number of alkyl halides is 2. The molecule has 0 atom stereocenters. The van der Waals surface area contributed by atoms with Crippen LogP contribution in [0.15, 0.2) is 11.0 Å². The molecule has 1 aromatic rings. The maximum atomic E-state index is 12.4. The lowest BCUT2D eigenvalue weighted by Crippen LogP contribution is -2.02. The van der Waals surface area contributed by atoms with E-state index in [1.165, 1.54) is 0 Å². The second-order valence-corrected chi connectivity index (χ2v) is 5.51. The van der Waals surface area contributed by atoms with Gasteiger partial charge in [-0.25, -0.2) is 17.2 Å². The highest BCUT2D eigenvalue weighted by Crippen LogP contribution is 2.33. The Bertz CT molecular complexity index is 507. The van der Waals surface area contributed by atoms with Crippen molar-refractivity contribution in [2.24, 2.45) is 0 Å². The van der Waals surface area contributed by atoms with Crippen LogP contribution in [0.4, 0.5) is 8.78 Å². The van der Waals surface area contributed by atoms with E-state index in [4.69, 9.17) is 22.3 Å². The molecule has 0 saturated heterocycles. The van der Waals surface area contributed by atoms with Crippen molar-refractivity contribution in [1.82, 2.24) is 4.98 Å². The maximum Gasteiger partial charge on any atom is 0.266 e. The number of rotatable bonds is 3. The van der Waals surface area contributed by atoms with E-state index < -0.39 is 37.0 Å². The summed E-state index contributed by atoms with van der Waals surface area (Å²) in [7, 11) is 1.93. The second kappa shape index (κ2) is 4.68. The summed E-state index contributed by atoms with van der Waals surface area (Å²) < 4.78 is 51.6. The molecule has 0 fully saturated rings. The largest absolute Gasteiger partial charge is 0.480 e. The van der Waals surface area contributed by atoms with E-state index in [9.17, 15) is 17.2 Å². The van der Waals surface area contributed by atoms with Crippen molar-refractivity contribution in [3.05, 3.63) is 16.8 Å².